The Morgan fingerprint density at radius 1 is 0.643 bits per heavy atom. The third-order valence-electron chi connectivity index (χ3n) is 4.48. The Balaban J connectivity index is 5.80. The van der Waals surface area contributed by atoms with Crippen LogP contribution < -0.4 is 10.6 Å². The first-order chi connectivity index (χ1) is 18.9. The maximum atomic E-state index is 13.0. The first-order valence-corrected chi connectivity index (χ1v) is 13.8. The van der Waals surface area contributed by atoms with Crippen molar-refractivity contribution >= 4 is 24.4 Å². The van der Waals surface area contributed by atoms with Gasteiger partial charge in [0, 0.05) is 44.2 Å². The summed E-state index contributed by atoms with van der Waals surface area (Å²) >= 11 is 0. The fourth-order valence-corrected chi connectivity index (χ4v) is 3.09. The highest BCUT2D eigenvalue weighted by atomic mass is 16.6. The molecular formula is C27H51N7O8. The van der Waals surface area contributed by atoms with Crippen molar-refractivity contribution < 1.29 is 38.1 Å². The topological polar surface area (TPSA) is 184 Å². The van der Waals surface area contributed by atoms with Gasteiger partial charge in [-0.15, -0.1) is 0 Å². The lowest BCUT2D eigenvalue weighted by molar-refractivity contribution is 0.0175. The van der Waals surface area contributed by atoms with Crippen molar-refractivity contribution in [2.75, 3.05) is 39.3 Å². The van der Waals surface area contributed by atoms with Gasteiger partial charge < -0.3 is 39.4 Å². The normalized spacial score (nSPS) is 12.0. The van der Waals surface area contributed by atoms with Crippen LogP contribution in [0.4, 0.5) is 19.2 Å². The number of ether oxygens (including phenoxy) is 4. The summed E-state index contributed by atoms with van der Waals surface area (Å²) in [7, 11) is 0. The molecule has 0 aromatic rings. The van der Waals surface area contributed by atoms with E-state index in [0.29, 0.717) is 0 Å². The third-order valence-corrected chi connectivity index (χ3v) is 4.48. The van der Waals surface area contributed by atoms with Gasteiger partial charge in [-0.05, 0) is 88.6 Å². The van der Waals surface area contributed by atoms with Gasteiger partial charge in [0.1, 0.15) is 22.4 Å². The predicted molar refractivity (Wildman–Crippen MR) is 157 cm³/mol. The molecule has 0 aliphatic carbocycles. The molecule has 0 fully saturated rings. The molecule has 0 spiro atoms. The molecule has 2 N–H and O–H groups in total. The minimum Gasteiger partial charge on any atom is -0.444 e. The van der Waals surface area contributed by atoms with E-state index in [0.717, 1.165) is 0 Å². The Bertz CT molecular complexity index is 887. The Labute approximate surface area is 249 Å². The maximum Gasteiger partial charge on any atom is 0.410 e. The van der Waals surface area contributed by atoms with Crippen molar-refractivity contribution in [1.82, 2.24) is 20.4 Å². The molecule has 0 aliphatic heterocycles. The molecule has 0 aliphatic rings. The van der Waals surface area contributed by atoms with Crippen molar-refractivity contribution in [3.05, 3.63) is 10.4 Å². The Morgan fingerprint density at radius 3 is 1.21 bits per heavy atom. The highest BCUT2D eigenvalue weighted by Gasteiger charge is 2.29. The average Bonchev–Trinajstić information content (AvgIpc) is 2.72. The van der Waals surface area contributed by atoms with Crippen molar-refractivity contribution in [2.45, 2.75) is 112 Å². The van der Waals surface area contributed by atoms with Crippen LogP contribution >= 0.6 is 0 Å². The highest BCUT2D eigenvalue weighted by molar-refractivity contribution is 5.70. The van der Waals surface area contributed by atoms with E-state index in [4.69, 9.17) is 18.9 Å². The number of rotatable bonds is 11. The lowest BCUT2D eigenvalue weighted by atomic mass is 10.2. The number of alkyl carbamates (subject to hydrolysis) is 2. The van der Waals surface area contributed by atoms with Gasteiger partial charge >= 0.3 is 24.4 Å². The average molecular weight is 602 g/mol. The van der Waals surface area contributed by atoms with Crippen LogP contribution in [0.15, 0.2) is 5.11 Å². The van der Waals surface area contributed by atoms with Gasteiger partial charge in [0.25, 0.3) is 0 Å². The van der Waals surface area contributed by atoms with Crippen LogP contribution in [0.1, 0.15) is 83.1 Å². The summed E-state index contributed by atoms with van der Waals surface area (Å²) in [6.45, 7) is 20.3. The molecule has 0 heterocycles. The van der Waals surface area contributed by atoms with Crippen LogP contribution in [-0.2, 0) is 18.9 Å². The molecule has 242 valence electrons. The molecule has 4 amide bonds. The van der Waals surface area contributed by atoms with Crippen molar-refractivity contribution in [1.29, 1.82) is 0 Å². The molecule has 0 aromatic carbocycles. The minimum absolute atomic E-state index is 0.00174. The van der Waals surface area contributed by atoms with Gasteiger partial charge in [0.05, 0.1) is 6.04 Å². The SMILES string of the molecule is CC(C)(C)OC(=O)NCCN(CC(CN(CCNC(=O)OC(C)(C)C)C(=O)OC(C)(C)C)N=[N+]=[N-])C(=O)OC(C)(C)C. The van der Waals surface area contributed by atoms with E-state index in [1.54, 1.807) is 83.1 Å². The molecule has 15 heteroatoms. The summed E-state index contributed by atoms with van der Waals surface area (Å²) in [6.07, 6.45) is -2.73. The minimum atomic E-state index is -0.932. The first-order valence-electron chi connectivity index (χ1n) is 13.8. The quantitative estimate of drug-likeness (QED) is 0.140. The summed E-state index contributed by atoms with van der Waals surface area (Å²) in [6, 6.07) is -0.932. The van der Waals surface area contributed by atoms with Crippen molar-refractivity contribution in [3.8, 4) is 0 Å². The summed E-state index contributed by atoms with van der Waals surface area (Å²) in [4.78, 5) is 55.7. The largest absolute Gasteiger partial charge is 0.444 e. The lowest BCUT2D eigenvalue weighted by Gasteiger charge is -2.32. The van der Waals surface area contributed by atoms with Crippen LogP contribution in [0.25, 0.3) is 10.4 Å². The smallest absolute Gasteiger partial charge is 0.410 e. The summed E-state index contributed by atoms with van der Waals surface area (Å²) in [5, 5.41) is 8.96. The predicted octanol–water partition coefficient (Wildman–Crippen LogP) is 5.19. The second-order valence-corrected chi connectivity index (χ2v) is 13.6. The van der Waals surface area contributed by atoms with E-state index >= 15 is 0 Å². The monoisotopic (exact) mass is 601 g/mol. The van der Waals surface area contributed by atoms with Crippen LogP contribution in [-0.4, -0.2) is 102 Å². The Morgan fingerprint density at radius 2 is 0.952 bits per heavy atom. The summed E-state index contributed by atoms with van der Waals surface area (Å²) in [5.41, 5.74) is 6.22. The zero-order chi connectivity index (χ0) is 32.9. The molecule has 0 saturated carbocycles. The van der Waals surface area contributed by atoms with Crippen LogP contribution in [0.3, 0.4) is 0 Å². The number of carbonyl (C=O) groups is 4. The fraction of sp³-hybridized carbons (Fsp3) is 0.852. The fourth-order valence-electron chi connectivity index (χ4n) is 3.09. The second-order valence-electron chi connectivity index (χ2n) is 13.6. The summed E-state index contributed by atoms with van der Waals surface area (Å²) in [5.74, 6) is 0. The van der Waals surface area contributed by atoms with E-state index in [-0.39, 0.29) is 39.3 Å². The van der Waals surface area contributed by atoms with E-state index < -0.39 is 52.8 Å². The molecule has 0 rings (SSSR count). The van der Waals surface area contributed by atoms with Gasteiger partial charge in [0.2, 0.25) is 0 Å². The molecule has 15 nitrogen and oxygen atoms in total. The van der Waals surface area contributed by atoms with E-state index in [1.807, 2.05) is 0 Å². The number of azide groups is 1. The van der Waals surface area contributed by atoms with Gasteiger partial charge in [-0.1, -0.05) is 5.11 Å². The molecule has 0 bridgehead atoms. The van der Waals surface area contributed by atoms with Gasteiger partial charge in [0.15, 0.2) is 0 Å². The van der Waals surface area contributed by atoms with Crippen molar-refractivity contribution in [2.24, 2.45) is 5.11 Å². The zero-order valence-electron chi connectivity index (χ0n) is 27.3. The first kappa shape index (κ1) is 38.4. The van der Waals surface area contributed by atoms with E-state index in [1.165, 1.54) is 9.80 Å². The molecule has 0 aromatic heterocycles. The zero-order valence-corrected chi connectivity index (χ0v) is 27.3. The number of carbonyl (C=O) groups excluding carboxylic acids is 4. The number of hydrogen-bond acceptors (Lipinski definition) is 9. The molecule has 42 heavy (non-hydrogen) atoms. The maximum absolute atomic E-state index is 13.0. The van der Waals surface area contributed by atoms with Crippen LogP contribution in [0.5, 0.6) is 0 Å². The number of hydrogen-bond donors (Lipinski definition) is 2. The van der Waals surface area contributed by atoms with E-state index in [2.05, 4.69) is 20.7 Å². The Kier molecular flexibility index (Phi) is 14.8. The standard InChI is InChI=1S/C27H51N7O8/c1-24(2,3)39-20(35)29-13-15-33(22(37)41-26(7,8)9)17-19(31-32-28)18-34(23(38)42-27(10,11)12)16-14-30-21(36)40-25(4,5)6/h19H,13-18H2,1-12H3,(H,29,35)(H,30,36). The highest BCUT2D eigenvalue weighted by Crippen LogP contribution is 2.14. The molecule has 0 saturated heterocycles. The number of nitrogens with zero attached hydrogens (tertiary/aromatic N) is 5. The van der Waals surface area contributed by atoms with Gasteiger partial charge in [-0.2, -0.15) is 0 Å². The lowest BCUT2D eigenvalue weighted by Crippen LogP contribution is -2.49. The molecule has 0 atom stereocenters. The second kappa shape index (κ2) is 16.1. The summed E-state index contributed by atoms with van der Waals surface area (Å²) < 4.78 is 21.5. The van der Waals surface area contributed by atoms with Crippen LogP contribution in [0.2, 0.25) is 0 Å². The van der Waals surface area contributed by atoms with Gasteiger partial charge in [-0.3, -0.25) is 0 Å². The number of nitrogens with one attached hydrogen (secondary N) is 2. The number of amides is 4. The van der Waals surface area contributed by atoms with Crippen LogP contribution in [0, 0.1) is 0 Å². The van der Waals surface area contributed by atoms with E-state index in [9.17, 15) is 24.7 Å². The molecule has 0 radical (unpaired) electrons. The van der Waals surface area contributed by atoms with Gasteiger partial charge in [-0.25, -0.2) is 19.2 Å². The third kappa shape index (κ3) is 20.3. The van der Waals surface area contributed by atoms with Crippen molar-refractivity contribution in [3.63, 3.8) is 0 Å². The molecule has 0 unspecified atom stereocenters. The molecular weight excluding hydrogens is 550 g/mol. The Hall–Kier alpha value is -3.61.